The maximum absolute atomic E-state index is 12.7. The van der Waals surface area contributed by atoms with Crippen molar-refractivity contribution in [2.75, 3.05) is 11.3 Å². The minimum atomic E-state index is -3.73. The van der Waals surface area contributed by atoms with Gasteiger partial charge in [0.15, 0.2) is 6.61 Å². The Morgan fingerprint density at radius 2 is 1.79 bits per heavy atom. The molecule has 0 spiro atoms. The number of nitrogens with one attached hydrogen (secondary N) is 2. The van der Waals surface area contributed by atoms with Gasteiger partial charge in [0, 0.05) is 5.69 Å². The maximum atomic E-state index is 12.7. The molecule has 172 valence electrons. The molecular formula is C26H28N2O4S. The third-order valence-corrected chi connectivity index (χ3v) is 7.20. The summed E-state index contributed by atoms with van der Waals surface area (Å²) in [7, 11) is -3.73. The summed E-state index contributed by atoms with van der Waals surface area (Å²) in [5.74, 6) is 0.275. The fourth-order valence-electron chi connectivity index (χ4n) is 4.07. The molecule has 6 nitrogen and oxygen atoms in total. The molecule has 4 rings (SSSR count). The average molecular weight is 465 g/mol. The van der Waals surface area contributed by atoms with Crippen LogP contribution in [0.2, 0.25) is 0 Å². The molecule has 2 N–H and O–H groups in total. The van der Waals surface area contributed by atoms with Crippen LogP contribution in [0.1, 0.15) is 41.1 Å². The summed E-state index contributed by atoms with van der Waals surface area (Å²) >= 11 is 0. The van der Waals surface area contributed by atoms with Crippen molar-refractivity contribution in [1.82, 2.24) is 5.32 Å². The van der Waals surface area contributed by atoms with Gasteiger partial charge in [0.1, 0.15) is 5.75 Å². The molecule has 0 heterocycles. The SMILES string of the molecule is Cc1ccc(NS(=O)(=O)c2ccc(OCC(=O)N[C@H]3CCCc4ccccc43)c(C)c2)cc1. The first-order valence-electron chi connectivity index (χ1n) is 11.0. The molecule has 0 radical (unpaired) electrons. The summed E-state index contributed by atoms with van der Waals surface area (Å²) < 4.78 is 33.7. The fraction of sp³-hybridized carbons (Fsp3) is 0.269. The number of amides is 1. The van der Waals surface area contributed by atoms with Gasteiger partial charge in [-0.25, -0.2) is 8.42 Å². The Morgan fingerprint density at radius 3 is 2.55 bits per heavy atom. The Balaban J connectivity index is 1.37. The molecule has 0 fully saturated rings. The molecule has 0 saturated carbocycles. The second-order valence-electron chi connectivity index (χ2n) is 8.40. The van der Waals surface area contributed by atoms with Gasteiger partial charge >= 0.3 is 0 Å². The monoisotopic (exact) mass is 464 g/mol. The van der Waals surface area contributed by atoms with Crippen LogP contribution >= 0.6 is 0 Å². The van der Waals surface area contributed by atoms with Crippen molar-refractivity contribution >= 4 is 21.6 Å². The van der Waals surface area contributed by atoms with E-state index in [9.17, 15) is 13.2 Å². The number of sulfonamides is 1. The van der Waals surface area contributed by atoms with E-state index in [-0.39, 0.29) is 23.5 Å². The molecule has 0 aromatic heterocycles. The van der Waals surface area contributed by atoms with Gasteiger partial charge in [0.05, 0.1) is 10.9 Å². The van der Waals surface area contributed by atoms with Crippen molar-refractivity contribution in [2.45, 2.75) is 44.0 Å². The second-order valence-corrected chi connectivity index (χ2v) is 10.1. The van der Waals surface area contributed by atoms with Gasteiger partial charge in [-0.1, -0.05) is 42.0 Å². The highest BCUT2D eigenvalue weighted by Gasteiger charge is 2.22. The first-order valence-corrected chi connectivity index (χ1v) is 12.5. The molecule has 7 heteroatoms. The number of anilines is 1. The summed E-state index contributed by atoms with van der Waals surface area (Å²) in [5, 5.41) is 3.06. The number of benzene rings is 3. The zero-order chi connectivity index (χ0) is 23.4. The Labute approximate surface area is 195 Å². The van der Waals surface area contributed by atoms with E-state index in [2.05, 4.69) is 22.2 Å². The number of hydrogen-bond acceptors (Lipinski definition) is 4. The lowest BCUT2D eigenvalue weighted by atomic mass is 9.88. The standard InChI is InChI=1S/C26H28N2O4S/c1-18-10-12-21(13-11-18)28-33(30,31)22-14-15-25(19(2)16-22)32-17-26(29)27-24-9-5-7-20-6-3-4-8-23(20)24/h3-4,6,8,10-16,24,28H,5,7,9,17H2,1-2H3,(H,27,29)/t24-/m0/s1. The number of carbonyl (C=O) groups is 1. The number of rotatable bonds is 7. The van der Waals surface area contributed by atoms with E-state index in [1.165, 1.54) is 17.2 Å². The van der Waals surface area contributed by atoms with E-state index in [0.717, 1.165) is 24.8 Å². The molecule has 1 aliphatic carbocycles. The van der Waals surface area contributed by atoms with Crippen molar-refractivity contribution in [2.24, 2.45) is 0 Å². The molecular weight excluding hydrogens is 436 g/mol. The molecule has 1 amide bonds. The van der Waals surface area contributed by atoms with Crippen molar-refractivity contribution in [3.8, 4) is 5.75 Å². The average Bonchev–Trinajstić information content (AvgIpc) is 2.80. The maximum Gasteiger partial charge on any atom is 0.261 e. The van der Waals surface area contributed by atoms with Gasteiger partial charge in [-0.15, -0.1) is 0 Å². The van der Waals surface area contributed by atoms with Crippen molar-refractivity contribution in [3.05, 3.63) is 89.0 Å². The Bertz CT molecular complexity index is 1250. The molecule has 33 heavy (non-hydrogen) atoms. The highest BCUT2D eigenvalue weighted by atomic mass is 32.2. The predicted molar refractivity (Wildman–Crippen MR) is 129 cm³/mol. The Kier molecular flexibility index (Phi) is 6.70. The summed E-state index contributed by atoms with van der Waals surface area (Å²) in [6, 6.07) is 19.9. The third kappa shape index (κ3) is 5.54. The summed E-state index contributed by atoms with van der Waals surface area (Å²) in [6.07, 6.45) is 2.98. The second kappa shape index (κ2) is 9.67. The van der Waals surface area contributed by atoms with E-state index in [1.54, 1.807) is 31.2 Å². The van der Waals surface area contributed by atoms with Crippen LogP contribution in [-0.2, 0) is 21.2 Å². The molecule has 3 aromatic carbocycles. The quantitative estimate of drug-likeness (QED) is 0.532. The molecule has 0 saturated heterocycles. The molecule has 0 bridgehead atoms. The van der Waals surface area contributed by atoms with E-state index in [0.29, 0.717) is 17.0 Å². The first-order chi connectivity index (χ1) is 15.8. The van der Waals surface area contributed by atoms with Gasteiger partial charge in [-0.05, 0) is 80.1 Å². The molecule has 1 atom stereocenters. The van der Waals surface area contributed by atoms with Crippen LogP contribution in [-0.4, -0.2) is 20.9 Å². The van der Waals surface area contributed by atoms with Crippen LogP contribution in [0.25, 0.3) is 0 Å². The molecule has 1 aliphatic rings. The van der Waals surface area contributed by atoms with Crippen molar-refractivity contribution in [1.29, 1.82) is 0 Å². The number of carbonyl (C=O) groups excluding carboxylic acids is 1. The lowest BCUT2D eigenvalue weighted by Crippen LogP contribution is -2.34. The van der Waals surface area contributed by atoms with Gasteiger partial charge in [0.2, 0.25) is 0 Å². The predicted octanol–water partition coefficient (Wildman–Crippen LogP) is 4.68. The van der Waals surface area contributed by atoms with E-state index >= 15 is 0 Å². The number of ether oxygens (including phenoxy) is 1. The van der Waals surface area contributed by atoms with Crippen LogP contribution in [0.4, 0.5) is 5.69 Å². The molecule has 3 aromatic rings. The summed E-state index contributed by atoms with van der Waals surface area (Å²) in [5.41, 5.74) is 4.63. The lowest BCUT2D eigenvalue weighted by Gasteiger charge is -2.26. The van der Waals surface area contributed by atoms with Crippen molar-refractivity contribution < 1.29 is 17.9 Å². The van der Waals surface area contributed by atoms with Gasteiger partial charge in [-0.2, -0.15) is 0 Å². The fourth-order valence-corrected chi connectivity index (χ4v) is 5.21. The first kappa shape index (κ1) is 22.9. The van der Waals surface area contributed by atoms with Crippen LogP contribution < -0.4 is 14.8 Å². The highest BCUT2D eigenvalue weighted by molar-refractivity contribution is 7.92. The van der Waals surface area contributed by atoms with Gasteiger partial charge < -0.3 is 10.1 Å². The number of fused-ring (bicyclic) bond motifs is 1. The van der Waals surface area contributed by atoms with Crippen LogP contribution in [0.15, 0.2) is 71.6 Å². The topological polar surface area (TPSA) is 84.5 Å². The van der Waals surface area contributed by atoms with E-state index in [1.807, 2.05) is 31.2 Å². The molecule has 0 unspecified atom stereocenters. The van der Waals surface area contributed by atoms with Crippen LogP contribution in [0, 0.1) is 13.8 Å². The zero-order valence-electron chi connectivity index (χ0n) is 18.8. The lowest BCUT2D eigenvalue weighted by molar-refractivity contribution is -0.124. The number of aryl methyl sites for hydroxylation is 3. The number of hydrogen-bond donors (Lipinski definition) is 2. The largest absolute Gasteiger partial charge is 0.484 e. The van der Waals surface area contributed by atoms with Crippen molar-refractivity contribution in [3.63, 3.8) is 0 Å². The summed E-state index contributed by atoms with van der Waals surface area (Å²) in [6.45, 7) is 3.57. The van der Waals surface area contributed by atoms with E-state index in [4.69, 9.17) is 4.74 Å². The van der Waals surface area contributed by atoms with Gasteiger partial charge in [0.25, 0.3) is 15.9 Å². The van der Waals surface area contributed by atoms with Gasteiger partial charge in [-0.3, -0.25) is 9.52 Å². The minimum absolute atomic E-state index is 0.00693. The smallest absolute Gasteiger partial charge is 0.261 e. The van der Waals surface area contributed by atoms with Crippen LogP contribution in [0.3, 0.4) is 0 Å². The highest BCUT2D eigenvalue weighted by Crippen LogP contribution is 2.29. The van der Waals surface area contributed by atoms with Crippen LogP contribution in [0.5, 0.6) is 5.75 Å². The Hall–Kier alpha value is -3.32. The summed E-state index contributed by atoms with van der Waals surface area (Å²) in [4.78, 5) is 12.7. The third-order valence-electron chi connectivity index (χ3n) is 5.82. The normalized spacial score (nSPS) is 15.4. The minimum Gasteiger partial charge on any atom is -0.484 e. The zero-order valence-corrected chi connectivity index (χ0v) is 19.6. The van der Waals surface area contributed by atoms with E-state index < -0.39 is 10.0 Å². The molecule has 0 aliphatic heterocycles. The Morgan fingerprint density at radius 1 is 1.03 bits per heavy atom.